The molecule has 20 atom stereocenters. The van der Waals surface area contributed by atoms with Gasteiger partial charge in [-0.05, 0) is 40.0 Å². The van der Waals surface area contributed by atoms with E-state index in [1.165, 1.54) is 27.9 Å². The maximum absolute atomic E-state index is 13.2. The standard InChI is InChI=1S/C58H90O28/c1-15-16-22-25-41(26-23-20-18-17-19-21-24-27-43(68)69-14)83-55-51(47(76-34(7)61)42(28-70-55)74-32(5)59)86-58-54(82-40(13)67)50(79-37(10)64)46(31(4)73-58)85-57-53(81-39(12)66)49(78-36(9)63)45(30(3)72-57)84-56-52(80-38(11)65)48(77-35(8)62)44(29(2)71-56)75-33(6)60/h29-31,41-42,44-58H,15-28H2,1-14H3/t29-,30-,31-,41-,42+,44-,45-,46-,47-,48+,49+,50+,51+,52+,53+,54+,55-,56-,57-,58-/m0/s1. The highest BCUT2D eigenvalue weighted by molar-refractivity contribution is 5.70. The molecule has 4 aliphatic heterocycles. The van der Waals surface area contributed by atoms with E-state index in [0.29, 0.717) is 19.3 Å². The molecule has 0 radical (unpaired) electrons. The van der Waals surface area contributed by atoms with Gasteiger partial charge >= 0.3 is 59.7 Å². The van der Waals surface area contributed by atoms with Crippen molar-refractivity contribution in [1.29, 1.82) is 0 Å². The molecule has 4 saturated heterocycles. The highest BCUT2D eigenvalue weighted by Crippen LogP contribution is 2.39. The lowest BCUT2D eigenvalue weighted by atomic mass is 9.95. The summed E-state index contributed by atoms with van der Waals surface area (Å²) in [7, 11) is 1.37. The van der Waals surface area contributed by atoms with Crippen LogP contribution in [0.2, 0.25) is 0 Å². The van der Waals surface area contributed by atoms with Crippen LogP contribution in [0.25, 0.3) is 0 Å². The van der Waals surface area contributed by atoms with E-state index in [1.54, 1.807) is 0 Å². The minimum atomic E-state index is -1.77. The van der Waals surface area contributed by atoms with Crippen molar-refractivity contribution in [3.05, 3.63) is 0 Å². The molecule has 0 amide bonds. The predicted octanol–water partition coefficient (Wildman–Crippen LogP) is 4.77. The lowest BCUT2D eigenvalue weighted by Crippen LogP contribution is -2.68. The Morgan fingerprint density at radius 1 is 0.372 bits per heavy atom. The molecule has 28 heteroatoms. The topological polar surface area (TPSA) is 337 Å². The summed E-state index contributed by atoms with van der Waals surface area (Å²) in [6, 6.07) is 0. The van der Waals surface area contributed by atoms with E-state index in [4.69, 9.17) is 85.3 Å². The monoisotopic (exact) mass is 1230 g/mol. The smallest absolute Gasteiger partial charge is 0.305 e. The second-order valence-electron chi connectivity index (χ2n) is 21.7. The number of unbranched alkanes of at least 4 members (excludes halogenated alkanes) is 8. The van der Waals surface area contributed by atoms with Crippen molar-refractivity contribution < 1.29 is 133 Å². The summed E-state index contributed by atoms with van der Waals surface area (Å²) in [6.07, 6.45) is -18.7. The average Bonchev–Trinajstić information content (AvgIpc) is 0.914. The highest BCUT2D eigenvalue weighted by atomic mass is 16.8. The van der Waals surface area contributed by atoms with Gasteiger partial charge in [-0.15, -0.1) is 0 Å². The van der Waals surface area contributed by atoms with Crippen molar-refractivity contribution >= 4 is 59.7 Å². The normalized spacial score (nSPS) is 32.0. The number of methoxy groups -OCH3 is 1. The number of rotatable bonds is 31. The molecule has 0 aliphatic carbocycles. The van der Waals surface area contributed by atoms with Crippen molar-refractivity contribution in [2.24, 2.45) is 0 Å². The molecule has 0 saturated carbocycles. The van der Waals surface area contributed by atoms with Gasteiger partial charge in [-0.25, -0.2) is 0 Å². The Kier molecular flexibility index (Phi) is 30.5. The first-order chi connectivity index (χ1) is 40.6. The SMILES string of the molecule is CCCCC[C@@H](CCCCCCCCCC(=O)OC)O[C@@H]1OC[C@@H](OC(C)=O)[C@H](OC(C)=O)[C@H]1O[C@@H]1O[C@@H](C)[C@H](O[C@@H]2O[C@@H](C)[C@H](O[C@@H]3O[C@@H](C)[C@H](OC(C)=O)[C@@H](OC(C)=O)[C@H]3OC(C)=O)[C@@H](OC(C)=O)[C@H]2OC(C)=O)[C@@H](OC(C)=O)[C@H]1OC(C)=O. The second kappa shape index (κ2) is 36.0. The van der Waals surface area contributed by atoms with Crippen LogP contribution >= 0.6 is 0 Å². The molecule has 86 heavy (non-hydrogen) atoms. The molecule has 0 bridgehead atoms. The van der Waals surface area contributed by atoms with Gasteiger partial charge in [-0.1, -0.05) is 64.7 Å². The number of hydrogen-bond acceptors (Lipinski definition) is 28. The molecule has 0 unspecified atom stereocenters. The van der Waals surface area contributed by atoms with Gasteiger partial charge in [0.25, 0.3) is 0 Å². The molecule has 4 aliphatic rings. The number of carbonyl (C=O) groups is 10. The predicted molar refractivity (Wildman–Crippen MR) is 290 cm³/mol. The van der Waals surface area contributed by atoms with Gasteiger partial charge in [0.15, 0.2) is 86.2 Å². The zero-order chi connectivity index (χ0) is 63.9. The molecule has 0 aromatic rings. The summed E-state index contributed by atoms with van der Waals surface area (Å²) < 4.78 is 108. The maximum Gasteiger partial charge on any atom is 0.305 e. The summed E-state index contributed by atoms with van der Waals surface area (Å²) in [5.74, 6) is -7.98. The highest BCUT2D eigenvalue weighted by Gasteiger charge is 2.59. The minimum absolute atomic E-state index is 0.232. The Hall–Kier alpha value is -5.62. The van der Waals surface area contributed by atoms with Gasteiger partial charge in [-0.3, -0.25) is 47.9 Å². The summed E-state index contributed by atoms with van der Waals surface area (Å²) in [5.41, 5.74) is 0. The molecule has 490 valence electrons. The van der Waals surface area contributed by atoms with E-state index in [1.807, 2.05) is 0 Å². The summed E-state index contributed by atoms with van der Waals surface area (Å²) in [4.78, 5) is 127. The number of ether oxygens (including phenoxy) is 18. The Labute approximate surface area is 501 Å². The van der Waals surface area contributed by atoms with Crippen molar-refractivity contribution in [2.45, 2.75) is 296 Å². The van der Waals surface area contributed by atoms with Gasteiger partial charge < -0.3 is 85.3 Å². The van der Waals surface area contributed by atoms with Crippen molar-refractivity contribution in [3.63, 3.8) is 0 Å². The number of esters is 10. The first-order valence-electron chi connectivity index (χ1n) is 29.5. The van der Waals surface area contributed by atoms with E-state index < -0.39 is 177 Å². The van der Waals surface area contributed by atoms with Gasteiger partial charge in [-0.2, -0.15) is 0 Å². The molecular formula is C58H90O28. The zero-order valence-corrected chi connectivity index (χ0v) is 51.9. The van der Waals surface area contributed by atoms with Crippen LogP contribution in [0.5, 0.6) is 0 Å². The van der Waals surface area contributed by atoms with Crippen LogP contribution in [0, 0.1) is 0 Å². The number of hydrogen-bond donors (Lipinski definition) is 0. The first kappa shape index (κ1) is 72.9. The largest absolute Gasteiger partial charge is 0.469 e. The quantitative estimate of drug-likeness (QED) is 0.0512. The maximum atomic E-state index is 13.2. The van der Waals surface area contributed by atoms with Crippen LogP contribution in [0.15, 0.2) is 0 Å². The first-order valence-corrected chi connectivity index (χ1v) is 29.5. The van der Waals surface area contributed by atoms with Crippen molar-refractivity contribution in [2.75, 3.05) is 13.7 Å². The molecule has 0 N–H and O–H groups in total. The molecule has 0 aromatic carbocycles. The molecule has 4 heterocycles. The molecule has 4 fully saturated rings. The van der Waals surface area contributed by atoms with Gasteiger partial charge in [0.2, 0.25) is 0 Å². The van der Waals surface area contributed by atoms with Crippen molar-refractivity contribution in [1.82, 2.24) is 0 Å². The summed E-state index contributed by atoms with van der Waals surface area (Å²) in [5, 5.41) is 0. The van der Waals surface area contributed by atoms with Crippen molar-refractivity contribution in [3.8, 4) is 0 Å². The Balaban J connectivity index is 1.73. The van der Waals surface area contributed by atoms with E-state index in [9.17, 15) is 47.9 Å². The summed E-state index contributed by atoms with van der Waals surface area (Å²) >= 11 is 0. The van der Waals surface area contributed by atoms with Crippen LogP contribution in [0.4, 0.5) is 0 Å². The number of carbonyl (C=O) groups excluding carboxylic acids is 10. The van der Waals surface area contributed by atoms with E-state index in [0.717, 1.165) is 127 Å². The average molecular weight is 1240 g/mol. The molecular weight excluding hydrogens is 1140 g/mol. The van der Waals surface area contributed by atoms with Crippen LogP contribution in [-0.2, 0) is 133 Å². The molecule has 28 nitrogen and oxygen atoms in total. The fourth-order valence-electron chi connectivity index (χ4n) is 10.7. The van der Waals surface area contributed by atoms with Gasteiger partial charge in [0.05, 0.1) is 38.1 Å². The molecule has 0 aromatic heterocycles. The summed E-state index contributed by atoms with van der Waals surface area (Å²) in [6.45, 7) is 15.9. The Bertz CT molecular complexity index is 2240. The third kappa shape index (κ3) is 23.2. The third-order valence-electron chi connectivity index (χ3n) is 14.3. The molecule has 4 rings (SSSR count). The minimum Gasteiger partial charge on any atom is -0.469 e. The molecule has 0 spiro atoms. The van der Waals surface area contributed by atoms with Crippen LogP contribution in [0.3, 0.4) is 0 Å². The fraction of sp³-hybridized carbons (Fsp3) is 0.828. The van der Waals surface area contributed by atoms with Crippen LogP contribution < -0.4 is 0 Å². The van der Waals surface area contributed by atoms with E-state index >= 15 is 0 Å². The van der Waals surface area contributed by atoms with Crippen LogP contribution in [0.1, 0.15) is 173 Å². The third-order valence-corrected chi connectivity index (χ3v) is 14.3. The Morgan fingerprint density at radius 3 is 1.09 bits per heavy atom. The van der Waals surface area contributed by atoms with E-state index in [-0.39, 0.29) is 12.6 Å². The zero-order valence-electron chi connectivity index (χ0n) is 51.9. The van der Waals surface area contributed by atoms with E-state index in [2.05, 4.69) is 6.92 Å². The fourth-order valence-corrected chi connectivity index (χ4v) is 10.7. The van der Waals surface area contributed by atoms with Gasteiger partial charge in [0.1, 0.15) is 12.2 Å². The Morgan fingerprint density at radius 2 is 0.698 bits per heavy atom. The van der Waals surface area contributed by atoms with Crippen LogP contribution in [-0.4, -0.2) is 196 Å². The second-order valence-corrected chi connectivity index (χ2v) is 21.7. The lowest BCUT2D eigenvalue weighted by Gasteiger charge is -2.50. The van der Waals surface area contributed by atoms with Gasteiger partial charge in [0, 0.05) is 68.7 Å². The lowest BCUT2D eigenvalue weighted by molar-refractivity contribution is -0.384.